The van der Waals surface area contributed by atoms with Crippen molar-refractivity contribution in [1.29, 1.82) is 0 Å². The maximum Gasteiger partial charge on any atom is 0.233 e. The molecule has 0 amide bonds. The molecule has 3 aromatic rings. The van der Waals surface area contributed by atoms with E-state index in [2.05, 4.69) is 44.7 Å². The van der Waals surface area contributed by atoms with E-state index in [9.17, 15) is 0 Å². The molecule has 0 aliphatic rings. The molecule has 0 aliphatic heterocycles. The minimum Gasteiger partial charge on any atom is -0.424 e. The van der Waals surface area contributed by atoms with Gasteiger partial charge in [0.05, 0.1) is 11.7 Å². The van der Waals surface area contributed by atoms with E-state index < -0.39 is 0 Å². The fraction of sp³-hybridized carbons (Fsp3) is 0.333. The molecule has 1 aromatic carbocycles. The summed E-state index contributed by atoms with van der Waals surface area (Å²) in [5.41, 5.74) is 2.15. The van der Waals surface area contributed by atoms with E-state index in [1.54, 1.807) is 17.9 Å². The lowest BCUT2D eigenvalue weighted by Gasteiger charge is -2.18. The van der Waals surface area contributed by atoms with E-state index in [1.165, 1.54) is 11.9 Å². The van der Waals surface area contributed by atoms with Crippen molar-refractivity contribution in [2.75, 3.05) is 0 Å². The molecule has 0 aliphatic carbocycles. The van der Waals surface area contributed by atoms with Crippen molar-refractivity contribution in [2.24, 2.45) is 0 Å². The molecule has 0 radical (unpaired) electrons. The van der Waals surface area contributed by atoms with Gasteiger partial charge in [-0.05, 0) is 31.5 Å². The second-order valence-corrected chi connectivity index (χ2v) is 5.20. The molecule has 114 valence electrons. The van der Waals surface area contributed by atoms with E-state index in [0.717, 1.165) is 5.69 Å². The van der Waals surface area contributed by atoms with Crippen molar-refractivity contribution < 1.29 is 4.42 Å². The summed E-state index contributed by atoms with van der Waals surface area (Å²) in [7, 11) is 0. The highest BCUT2D eigenvalue weighted by Gasteiger charge is 2.16. The molecule has 2 aromatic heterocycles. The third-order valence-corrected chi connectivity index (χ3v) is 3.49. The van der Waals surface area contributed by atoms with Gasteiger partial charge in [0.2, 0.25) is 11.8 Å². The van der Waals surface area contributed by atoms with E-state index in [4.69, 9.17) is 4.42 Å². The van der Waals surface area contributed by atoms with Gasteiger partial charge in [0, 0.05) is 13.0 Å². The maximum absolute atomic E-state index is 5.45. The third-order valence-electron chi connectivity index (χ3n) is 3.49. The Bertz CT molecular complexity index is 719. The Hall–Kier alpha value is -2.54. The highest BCUT2D eigenvalue weighted by Crippen LogP contribution is 2.19. The van der Waals surface area contributed by atoms with Crippen LogP contribution in [0.25, 0.3) is 5.69 Å². The molecule has 7 nitrogen and oxygen atoms in total. The van der Waals surface area contributed by atoms with Crippen molar-refractivity contribution >= 4 is 0 Å². The largest absolute Gasteiger partial charge is 0.424 e. The molecule has 1 N–H and O–H groups in total. The molecule has 7 heteroatoms. The summed E-state index contributed by atoms with van der Waals surface area (Å²) in [6.45, 7) is 5.90. The van der Waals surface area contributed by atoms with Gasteiger partial charge < -0.3 is 4.42 Å². The van der Waals surface area contributed by atoms with Gasteiger partial charge in [-0.2, -0.15) is 5.10 Å². The molecule has 0 bridgehead atoms. The summed E-state index contributed by atoms with van der Waals surface area (Å²) >= 11 is 0. The second-order valence-electron chi connectivity index (χ2n) is 5.20. The fourth-order valence-corrected chi connectivity index (χ4v) is 2.29. The summed E-state index contributed by atoms with van der Waals surface area (Å²) in [6.07, 6.45) is 3.20. The van der Waals surface area contributed by atoms with Gasteiger partial charge in [0.1, 0.15) is 12.7 Å². The second kappa shape index (κ2) is 6.07. The third kappa shape index (κ3) is 3.04. The van der Waals surface area contributed by atoms with Crippen LogP contribution in [-0.2, 0) is 0 Å². The molecular formula is C15H18N6O. The van der Waals surface area contributed by atoms with E-state index in [0.29, 0.717) is 11.8 Å². The molecule has 0 saturated heterocycles. The Morgan fingerprint density at radius 1 is 1.09 bits per heavy atom. The topological polar surface area (TPSA) is 81.7 Å². The zero-order chi connectivity index (χ0) is 15.5. The summed E-state index contributed by atoms with van der Waals surface area (Å²) in [4.78, 5) is 3.95. The van der Waals surface area contributed by atoms with Crippen LogP contribution in [0.5, 0.6) is 0 Å². The Labute approximate surface area is 128 Å². The Morgan fingerprint density at radius 2 is 1.86 bits per heavy atom. The first kappa shape index (κ1) is 14.4. The molecule has 2 heterocycles. The first-order valence-electron chi connectivity index (χ1n) is 7.14. The molecule has 22 heavy (non-hydrogen) atoms. The van der Waals surface area contributed by atoms with Crippen molar-refractivity contribution in [3.05, 3.63) is 54.3 Å². The minimum atomic E-state index is -0.00816. The van der Waals surface area contributed by atoms with Gasteiger partial charge in [-0.25, -0.2) is 9.67 Å². The molecular weight excluding hydrogens is 280 g/mol. The smallest absolute Gasteiger partial charge is 0.233 e. The molecule has 0 fully saturated rings. The van der Waals surface area contributed by atoms with Crippen molar-refractivity contribution in [2.45, 2.75) is 32.9 Å². The summed E-state index contributed by atoms with van der Waals surface area (Å²) in [6, 6.07) is 8.33. The lowest BCUT2D eigenvalue weighted by atomic mass is 10.1. The van der Waals surface area contributed by atoms with E-state index in [1.807, 2.05) is 19.1 Å². The van der Waals surface area contributed by atoms with Gasteiger partial charge in [0.25, 0.3) is 0 Å². The van der Waals surface area contributed by atoms with Crippen molar-refractivity contribution in [1.82, 2.24) is 30.3 Å². The van der Waals surface area contributed by atoms with Crippen LogP contribution in [0.15, 0.2) is 41.3 Å². The summed E-state index contributed by atoms with van der Waals surface area (Å²) < 4.78 is 7.17. The van der Waals surface area contributed by atoms with Crippen LogP contribution in [-0.4, -0.2) is 25.0 Å². The number of benzene rings is 1. The number of nitrogens with zero attached hydrogens (tertiary/aromatic N) is 5. The van der Waals surface area contributed by atoms with Crippen LogP contribution >= 0.6 is 0 Å². The quantitative estimate of drug-likeness (QED) is 0.778. The van der Waals surface area contributed by atoms with Crippen molar-refractivity contribution in [3.8, 4) is 5.69 Å². The summed E-state index contributed by atoms with van der Waals surface area (Å²) in [5, 5.41) is 15.5. The van der Waals surface area contributed by atoms with Crippen LogP contribution in [0.4, 0.5) is 0 Å². The molecule has 0 unspecified atom stereocenters. The van der Waals surface area contributed by atoms with Crippen LogP contribution in [0.2, 0.25) is 0 Å². The predicted octanol–water partition coefficient (Wildman–Crippen LogP) is 2.37. The van der Waals surface area contributed by atoms with Crippen LogP contribution in [0.1, 0.15) is 43.3 Å². The first-order valence-corrected chi connectivity index (χ1v) is 7.14. The standard InChI is InChI=1S/C15H18N6O/c1-10(18-11(2)15-20-19-12(3)22-15)13-4-6-14(7-5-13)21-9-16-8-17-21/h4-11,18H,1-3H3/t10-,11-/m1/s1. The lowest BCUT2D eigenvalue weighted by molar-refractivity contribution is 0.380. The van der Waals surface area contributed by atoms with Crippen LogP contribution in [0.3, 0.4) is 0 Å². The number of hydrogen-bond donors (Lipinski definition) is 1. The summed E-state index contributed by atoms with van der Waals surface area (Å²) in [5.74, 6) is 1.18. The number of rotatable bonds is 5. The number of nitrogens with one attached hydrogen (secondary N) is 1. The Balaban J connectivity index is 1.68. The van der Waals surface area contributed by atoms with Crippen LogP contribution in [0, 0.1) is 6.92 Å². The average molecular weight is 298 g/mol. The molecule has 3 rings (SSSR count). The van der Waals surface area contributed by atoms with Gasteiger partial charge in [-0.1, -0.05) is 12.1 Å². The zero-order valence-corrected chi connectivity index (χ0v) is 12.8. The SMILES string of the molecule is Cc1nnc([C@@H](C)N[C@H](C)c2ccc(-n3cncn3)cc2)o1. The highest BCUT2D eigenvalue weighted by atomic mass is 16.4. The fourth-order valence-electron chi connectivity index (χ4n) is 2.29. The van der Waals surface area contributed by atoms with E-state index >= 15 is 0 Å². The van der Waals surface area contributed by atoms with Crippen molar-refractivity contribution in [3.63, 3.8) is 0 Å². The van der Waals surface area contributed by atoms with Crippen LogP contribution < -0.4 is 5.32 Å². The number of aryl methyl sites for hydroxylation is 1. The monoisotopic (exact) mass is 298 g/mol. The minimum absolute atomic E-state index is 0.00816. The van der Waals surface area contributed by atoms with Gasteiger partial charge in [-0.3, -0.25) is 5.32 Å². The van der Waals surface area contributed by atoms with E-state index in [-0.39, 0.29) is 12.1 Å². The maximum atomic E-state index is 5.45. The Kier molecular flexibility index (Phi) is 3.97. The normalized spacial score (nSPS) is 14.0. The number of aromatic nitrogens is 5. The molecule has 0 spiro atoms. The molecule has 2 atom stereocenters. The van der Waals surface area contributed by atoms with Gasteiger partial charge >= 0.3 is 0 Å². The number of hydrogen-bond acceptors (Lipinski definition) is 6. The predicted molar refractivity (Wildman–Crippen MR) is 80.4 cm³/mol. The highest BCUT2D eigenvalue weighted by molar-refractivity contribution is 5.34. The molecule has 0 saturated carbocycles. The van der Waals surface area contributed by atoms with Gasteiger partial charge in [0.15, 0.2) is 0 Å². The average Bonchev–Trinajstić information content (AvgIpc) is 3.18. The first-order chi connectivity index (χ1) is 10.6. The zero-order valence-electron chi connectivity index (χ0n) is 12.8. The van der Waals surface area contributed by atoms with Gasteiger partial charge in [-0.15, -0.1) is 10.2 Å². The Morgan fingerprint density at radius 3 is 2.45 bits per heavy atom. The lowest BCUT2D eigenvalue weighted by Crippen LogP contribution is -2.22.